The maximum absolute atomic E-state index is 13.5. The van der Waals surface area contributed by atoms with Crippen molar-refractivity contribution in [3.63, 3.8) is 0 Å². The molecule has 0 radical (unpaired) electrons. The molecule has 1 aromatic carbocycles. The highest BCUT2D eigenvalue weighted by Crippen LogP contribution is 2.33. The van der Waals surface area contributed by atoms with E-state index >= 15 is 0 Å². The number of amides is 1. The lowest BCUT2D eigenvalue weighted by molar-refractivity contribution is -0.206. The van der Waals surface area contributed by atoms with Crippen LogP contribution in [-0.2, 0) is 19.2 Å². The second-order valence-electron chi connectivity index (χ2n) is 8.42. The summed E-state index contributed by atoms with van der Waals surface area (Å²) in [5.41, 5.74) is 2.32. The Morgan fingerprint density at radius 2 is 2.18 bits per heavy atom. The summed E-state index contributed by atoms with van der Waals surface area (Å²) in [7, 11) is 0. The van der Waals surface area contributed by atoms with Gasteiger partial charge in [-0.3, -0.25) is 14.5 Å². The number of nitrogens with one attached hydrogen (secondary N) is 3. The Labute approximate surface area is 195 Å². The molecule has 0 aliphatic carbocycles. The van der Waals surface area contributed by atoms with E-state index in [0.29, 0.717) is 49.2 Å². The van der Waals surface area contributed by atoms with E-state index in [2.05, 4.69) is 16.0 Å². The van der Waals surface area contributed by atoms with Crippen molar-refractivity contribution in [1.29, 1.82) is 0 Å². The first kappa shape index (κ1) is 22.1. The van der Waals surface area contributed by atoms with Crippen LogP contribution in [0.4, 0.5) is 0 Å². The number of aromatic nitrogens is 1. The summed E-state index contributed by atoms with van der Waals surface area (Å²) < 4.78 is 6.46. The van der Waals surface area contributed by atoms with Crippen molar-refractivity contribution in [2.45, 2.75) is 32.1 Å². The van der Waals surface area contributed by atoms with Crippen LogP contribution >= 0.6 is 11.3 Å². The summed E-state index contributed by atoms with van der Waals surface area (Å²) in [6.45, 7) is 6.44. The summed E-state index contributed by atoms with van der Waals surface area (Å²) in [6, 6.07) is 6.14. The Kier molecular flexibility index (Phi) is 6.45. The van der Waals surface area contributed by atoms with Crippen molar-refractivity contribution in [3.05, 3.63) is 34.6 Å². The van der Waals surface area contributed by atoms with Crippen LogP contribution in [0.15, 0.2) is 24.0 Å². The Bertz CT molecular complexity index is 1060. The molecule has 0 saturated carbocycles. The van der Waals surface area contributed by atoms with Gasteiger partial charge in [-0.25, -0.2) is 4.98 Å². The number of benzene rings is 1. The average Bonchev–Trinajstić information content (AvgIpc) is 3.24. The first-order valence-electron chi connectivity index (χ1n) is 11.3. The number of rotatable bonds is 6. The van der Waals surface area contributed by atoms with Crippen molar-refractivity contribution in [3.8, 4) is 0 Å². The SMILES string of the molecule is Cc1ccc2sc(C3=C(N[C@@H]4CCCNC4)N(OC=O)C(N4CCOCC4)NC3=O)nc2c1. The highest BCUT2D eigenvalue weighted by atomic mass is 32.1. The fraction of sp³-hybridized carbons (Fsp3) is 0.500. The zero-order valence-electron chi connectivity index (χ0n) is 18.5. The molecule has 10 nitrogen and oxygen atoms in total. The van der Waals surface area contributed by atoms with Crippen molar-refractivity contribution in [1.82, 2.24) is 30.9 Å². The first-order chi connectivity index (χ1) is 16.1. The molecule has 0 spiro atoms. The molecule has 1 amide bonds. The molecule has 2 fully saturated rings. The first-order valence-corrected chi connectivity index (χ1v) is 12.1. The molecule has 3 aliphatic heterocycles. The topological polar surface area (TPSA) is 108 Å². The zero-order chi connectivity index (χ0) is 22.8. The average molecular weight is 473 g/mol. The monoisotopic (exact) mass is 472 g/mol. The van der Waals surface area contributed by atoms with Gasteiger partial charge < -0.3 is 25.5 Å². The van der Waals surface area contributed by atoms with Crippen LogP contribution in [0.1, 0.15) is 23.4 Å². The van der Waals surface area contributed by atoms with Crippen LogP contribution in [0.5, 0.6) is 0 Å². The summed E-state index contributed by atoms with van der Waals surface area (Å²) in [6.07, 6.45) is 1.33. The van der Waals surface area contributed by atoms with Gasteiger partial charge in [0.2, 0.25) is 0 Å². The largest absolute Gasteiger partial charge is 0.379 e. The van der Waals surface area contributed by atoms with E-state index in [-0.39, 0.29) is 11.9 Å². The Hall–Kier alpha value is -2.73. The minimum Gasteiger partial charge on any atom is -0.379 e. The molecule has 5 rings (SSSR count). The number of hydroxylamine groups is 2. The maximum atomic E-state index is 13.5. The predicted octanol–water partition coefficient (Wildman–Crippen LogP) is 0.751. The lowest BCUT2D eigenvalue weighted by Crippen LogP contribution is -2.65. The van der Waals surface area contributed by atoms with Gasteiger partial charge in [-0.2, -0.15) is 5.06 Å². The molecule has 1 aromatic heterocycles. The Morgan fingerprint density at radius 1 is 1.33 bits per heavy atom. The van der Waals surface area contributed by atoms with Gasteiger partial charge in [-0.05, 0) is 44.0 Å². The van der Waals surface area contributed by atoms with Gasteiger partial charge in [-0.1, -0.05) is 6.07 Å². The number of morpholine rings is 1. The van der Waals surface area contributed by atoms with Crippen LogP contribution in [0, 0.1) is 6.92 Å². The lowest BCUT2D eigenvalue weighted by atomic mass is 10.1. The third-order valence-corrected chi connectivity index (χ3v) is 7.16. The molecule has 1 unspecified atom stereocenters. The summed E-state index contributed by atoms with van der Waals surface area (Å²) >= 11 is 1.45. The number of fused-ring (bicyclic) bond motifs is 1. The number of carbonyl (C=O) groups excluding carboxylic acids is 2. The third-order valence-electron chi connectivity index (χ3n) is 6.11. The zero-order valence-corrected chi connectivity index (χ0v) is 19.3. The number of ether oxygens (including phenoxy) is 1. The second kappa shape index (κ2) is 9.64. The molecule has 176 valence electrons. The summed E-state index contributed by atoms with van der Waals surface area (Å²) in [5, 5.41) is 12.0. The van der Waals surface area contributed by atoms with E-state index < -0.39 is 6.29 Å². The van der Waals surface area contributed by atoms with E-state index in [1.54, 1.807) is 0 Å². The van der Waals surface area contributed by atoms with Crippen molar-refractivity contribution >= 4 is 39.5 Å². The van der Waals surface area contributed by atoms with Gasteiger partial charge in [0.15, 0.2) is 12.1 Å². The smallest absolute Gasteiger partial charge is 0.321 e. The van der Waals surface area contributed by atoms with E-state index in [4.69, 9.17) is 14.6 Å². The van der Waals surface area contributed by atoms with Gasteiger partial charge in [-0.15, -0.1) is 11.3 Å². The second-order valence-corrected chi connectivity index (χ2v) is 9.45. The lowest BCUT2D eigenvalue weighted by Gasteiger charge is -2.44. The highest BCUT2D eigenvalue weighted by molar-refractivity contribution is 7.19. The predicted molar refractivity (Wildman–Crippen MR) is 124 cm³/mol. The minimum atomic E-state index is -0.633. The number of nitrogens with zero attached hydrogens (tertiary/aromatic N) is 3. The number of hydrogen-bond acceptors (Lipinski definition) is 10. The molecule has 33 heavy (non-hydrogen) atoms. The maximum Gasteiger partial charge on any atom is 0.321 e. The molecule has 2 saturated heterocycles. The van der Waals surface area contributed by atoms with Gasteiger partial charge in [0.1, 0.15) is 10.6 Å². The number of thiazole rings is 1. The van der Waals surface area contributed by atoms with Crippen LogP contribution in [0.25, 0.3) is 15.8 Å². The molecule has 2 atom stereocenters. The molecule has 0 bridgehead atoms. The van der Waals surface area contributed by atoms with E-state index in [1.807, 2.05) is 30.0 Å². The van der Waals surface area contributed by atoms with Crippen LogP contribution in [0.2, 0.25) is 0 Å². The molecular weight excluding hydrogens is 444 g/mol. The standard InChI is InChI=1S/C22H28N6O4S/c1-14-4-5-17-16(11-14)25-21(33-17)18-19(24-15-3-2-6-23-12-15)28(32-13-29)22(26-20(18)30)27-7-9-31-10-8-27/h4-5,11,13,15,22-24H,2-3,6-10,12H2,1H3,(H,26,30)/t15-,22?/m1/s1. The number of piperidine rings is 1. The quantitative estimate of drug-likeness (QED) is 0.525. The van der Waals surface area contributed by atoms with Crippen LogP contribution in [0.3, 0.4) is 0 Å². The fourth-order valence-corrected chi connectivity index (χ4v) is 5.44. The molecular formula is C22H28N6O4S. The number of aryl methyl sites for hydroxylation is 1. The molecule has 11 heteroatoms. The minimum absolute atomic E-state index is 0.0920. The molecule has 2 aromatic rings. The number of carbonyl (C=O) groups is 2. The molecule has 3 aliphatic rings. The number of hydrogen-bond donors (Lipinski definition) is 3. The fourth-order valence-electron chi connectivity index (χ4n) is 4.45. The Morgan fingerprint density at radius 3 is 2.94 bits per heavy atom. The van der Waals surface area contributed by atoms with Crippen LogP contribution in [-0.4, -0.2) is 79.1 Å². The van der Waals surface area contributed by atoms with Gasteiger partial charge in [0.25, 0.3) is 5.91 Å². The van der Waals surface area contributed by atoms with E-state index in [0.717, 1.165) is 41.7 Å². The summed E-state index contributed by atoms with van der Waals surface area (Å²) in [4.78, 5) is 37.3. The van der Waals surface area contributed by atoms with Crippen molar-refractivity contribution < 1.29 is 19.2 Å². The van der Waals surface area contributed by atoms with E-state index in [1.165, 1.54) is 16.4 Å². The highest BCUT2D eigenvalue weighted by Gasteiger charge is 2.41. The molecule has 3 N–H and O–H groups in total. The van der Waals surface area contributed by atoms with Gasteiger partial charge >= 0.3 is 6.47 Å². The Balaban J connectivity index is 1.59. The van der Waals surface area contributed by atoms with Gasteiger partial charge in [0.05, 0.1) is 23.4 Å². The van der Waals surface area contributed by atoms with Crippen molar-refractivity contribution in [2.75, 3.05) is 39.4 Å². The van der Waals surface area contributed by atoms with Crippen molar-refractivity contribution in [2.24, 2.45) is 0 Å². The van der Waals surface area contributed by atoms with Gasteiger partial charge in [0, 0.05) is 25.7 Å². The third kappa shape index (κ3) is 4.54. The summed E-state index contributed by atoms with van der Waals surface area (Å²) in [5.74, 6) is 0.214. The normalized spacial score (nSPS) is 24.6. The van der Waals surface area contributed by atoms with E-state index in [9.17, 15) is 9.59 Å². The molecule has 4 heterocycles. The van der Waals surface area contributed by atoms with Crippen LogP contribution < -0.4 is 16.0 Å².